The molecule has 0 aromatic heterocycles. The van der Waals surface area contributed by atoms with Crippen molar-refractivity contribution >= 4 is 5.97 Å². The first-order valence-corrected chi connectivity index (χ1v) is 8.62. The van der Waals surface area contributed by atoms with Crippen LogP contribution in [0.5, 0.6) is 0 Å². The average molecular weight is 336 g/mol. The molecule has 0 aromatic carbocycles. The van der Waals surface area contributed by atoms with Crippen LogP contribution in [0.1, 0.15) is 53.4 Å². The van der Waals surface area contributed by atoms with Gasteiger partial charge in [-0.25, -0.2) is 0 Å². The van der Waals surface area contributed by atoms with Crippen molar-refractivity contribution in [3.63, 3.8) is 0 Å². The molecule has 0 aliphatic carbocycles. The number of hydrogen-bond donors (Lipinski definition) is 1. The summed E-state index contributed by atoms with van der Waals surface area (Å²) in [5.41, 5.74) is -0.227. The first-order valence-electron chi connectivity index (χ1n) is 8.62. The fourth-order valence-corrected chi connectivity index (χ4v) is 2.63. The maximum atomic E-state index is 12.2. The molecule has 0 radical (unpaired) electrons. The Labute approximate surface area is 146 Å². The molecule has 4 nitrogen and oxygen atoms in total. The second-order valence-electron chi connectivity index (χ2n) is 7.26. The second kappa shape index (κ2) is 8.63. The number of rotatable bonds is 9. The molecule has 1 aliphatic heterocycles. The number of carbonyl (C=O) groups is 1. The highest BCUT2D eigenvalue weighted by Crippen LogP contribution is 2.34. The van der Waals surface area contributed by atoms with E-state index in [1.807, 2.05) is 26.8 Å². The quantitative estimate of drug-likeness (QED) is 0.511. The lowest BCUT2D eigenvalue weighted by atomic mass is 9.99. The molecule has 0 saturated carbocycles. The van der Waals surface area contributed by atoms with E-state index in [1.54, 1.807) is 13.0 Å². The van der Waals surface area contributed by atoms with Crippen molar-refractivity contribution in [1.82, 2.24) is 0 Å². The Bertz CT molecular complexity index is 492. The molecule has 0 amide bonds. The van der Waals surface area contributed by atoms with E-state index >= 15 is 0 Å². The molecular formula is C20H32O4. The topological polar surface area (TPSA) is 55.8 Å². The standard InChI is InChI=1S/C20H32O4/c1-7-19(5,22)12-9-10-15(3)14-23-18(21)16(4)17-11-13-20(6,8-2)24-17/h7-8,10,16-17,22H,1-2,9,11-14H2,3-6H3/b15-10-/t16-,17-,19-,20+/m0/s1. The Morgan fingerprint density at radius 3 is 2.75 bits per heavy atom. The minimum Gasteiger partial charge on any atom is -0.461 e. The molecule has 1 N–H and O–H groups in total. The number of carbonyl (C=O) groups excluding carboxylic acids is 1. The summed E-state index contributed by atoms with van der Waals surface area (Å²) < 4.78 is 11.3. The molecule has 0 unspecified atom stereocenters. The molecule has 1 aliphatic rings. The van der Waals surface area contributed by atoms with Crippen molar-refractivity contribution < 1.29 is 19.4 Å². The number of aliphatic hydroxyl groups is 1. The lowest BCUT2D eigenvalue weighted by Crippen LogP contribution is -2.30. The molecule has 0 spiro atoms. The van der Waals surface area contributed by atoms with E-state index in [-0.39, 0.29) is 30.2 Å². The Balaban J connectivity index is 2.40. The Hall–Kier alpha value is -1.39. The van der Waals surface area contributed by atoms with Gasteiger partial charge < -0.3 is 14.6 Å². The van der Waals surface area contributed by atoms with E-state index in [1.165, 1.54) is 6.08 Å². The maximum Gasteiger partial charge on any atom is 0.311 e. The third-order valence-corrected chi connectivity index (χ3v) is 4.73. The van der Waals surface area contributed by atoms with Crippen molar-refractivity contribution in [2.75, 3.05) is 6.61 Å². The third kappa shape index (κ3) is 6.25. The predicted octanol–water partition coefficient (Wildman–Crippen LogP) is 3.95. The molecule has 1 saturated heterocycles. The smallest absolute Gasteiger partial charge is 0.311 e. The Morgan fingerprint density at radius 1 is 1.54 bits per heavy atom. The van der Waals surface area contributed by atoms with E-state index < -0.39 is 5.60 Å². The monoisotopic (exact) mass is 336 g/mol. The third-order valence-electron chi connectivity index (χ3n) is 4.73. The minimum atomic E-state index is -0.862. The summed E-state index contributed by atoms with van der Waals surface area (Å²) in [5.74, 6) is -0.528. The van der Waals surface area contributed by atoms with Crippen molar-refractivity contribution in [2.45, 2.75) is 70.7 Å². The van der Waals surface area contributed by atoms with Gasteiger partial charge in [0, 0.05) is 0 Å². The average Bonchev–Trinajstić information content (AvgIpc) is 2.94. The van der Waals surface area contributed by atoms with Crippen LogP contribution in [0.4, 0.5) is 0 Å². The molecule has 0 bridgehead atoms. The van der Waals surface area contributed by atoms with Gasteiger partial charge in [-0.1, -0.05) is 18.2 Å². The Kier molecular flexibility index (Phi) is 7.43. The van der Waals surface area contributed by atoms with Crippen LogP contribution in [0.15, 0.2) is 37.0 Å². The van der Waals surface area contributed by atoms with Crippen LogP contribution in [-0.2, 0) is 14.3 Å². The van der Waals surface area contributed by atoms with Crippen molar-refractivity contribution in [2.24, 2.45) is 5.92 Å². The second-order valence-corrected chi connectivity index (χ2v) is 7.26. The number of hydrogen-bond acceptors (Lipinski definition) is 4. The van der Waals surface area contributed by atoms with Crippen molar-refractivity contribution in [3.8, 4) is 0 Å². The summed E-state index contributed by atoms with van der Waals surface area (Å²) in [6, 6.07) is 0. The summed E-state index contributed by atoms with van der Waals surface area (Å²) in [4.78, 5) is 12.2. The molecule has 1 heterocycles. The zero-order valence-electron chi connectivity index (χ0n) is 15.5. The van der Waals surface area contributed by atoms with Gasteiger partial charge in [-0.3, -0.25) is 4.79 Å². The largest absolute Gasteiger partial charge is 0.461 e. The summed E-state index contributed by atoms with van der Waals surface area (Å²) in [5, 5.41) is 9.86. The van der Waals surface area contributed by atoms with Gasteiger partial charge in [0.25, 0.3) is 0 Å². The minimum absolute atomic E-state index is 0.118. The van der Waals surface area contributed by atoms with Crippen LogP contribution in [0.25, 0.3) is 0 Å². The van der Waals surface area contributed by atoms with Gasteiger partial charge in [-0.05, 0) is 59.0 Å². The van der Waals surface area contributed by atoms with Gasteiger partial charge >= 0.3 is 5.97 Å². The first-order chi connectivity index (χ1) is 11.1. The van der Waals surface area contributed by atoms with Crippen LogP contribution >= 0.6 is 0 Å². The van der Waals surface area contributed by atoms with E-state index in [0.717, 1.165) is 18.4 Å². The molecule has 136 valence electrons. The lowest BCUT2D eigenvalue weighted by Gasteiger charge is -2.23. The van der Waals surface area contributed by atoms with Gasteiger partial charge in [0.15, 0.2) is 0 Å². The summed E-state index contributed by atoms with van der Waals surface area (Å²) in [6.07, 6.45) is 8.22. The van der Waals surface area contributed by atoms with Gasteiger partial charge in [0.1, 0.15) is 6.61 Å². The summed E-state index contributed by atoms with van der Waals surface area (Å²) in [7, 11) is 0. The maximum absolute atomic E-state index is 12.2. The Morgan fingerprint density at radius 2 is 2.21 bits per heavy atom. The van der Waals surface area contributed by atoms with Gasteiger partial charge in [-0.2, -0.15) is 0 Å². The molecule has 4 heteroatoms. The number of esters is 1. The molecular weight excluding hydrogens is 304 g/mol. The fraction of sp³-hybridized carbons (Fsp3) is 0.650. The lowest BCUT2D eigenvalue weighted by molar-refractivity contribution is -0.152. The molecule has 24 heavy (non-hydrogen) atoms. The van der Waals surface area contributed by atoms with Gasteiger partial charge in [0.05, 0.1) is 23.2 Å². The van der Waals surface area contributed by atoms with E-state index in [2.05, 4.69) is 13.2 Å². The predicted molar refractivity (Wildman–Crippen MR) is 96.6 cm³/mol. The molecule has 1 fully saturated rings. The summed E-state index contributed by atoms with van der Waals surface area (Å²) >= 11 is 0. The van der Waals surface area contributed by atoms with Crippen molar-refractivity contribution in [3.05, 3.63) is 37.0 Å². The van der Waals surface area contributed by atoms with Crippen LogP contribution in [-0.4, -0.2) is 35.0 Å². The van der Waals surface area contributed by atoms with Crippen LogP contribution < -0.4 is 0 Å². The highest BCUT2D eigenvalue weighted by molar-refractivity contribution is 5.73. The van der Waals surface area contributed by atoms with Gasteiger partial charge in [-0.15, -0.1) is 13.2 Å². The highest BCUT2D eigenvalue weighted by Gasteiger charge is 2.38. The molecule has 4 atom stereocenters. The number of allylic oxidation sites excluding steroid dienone is 1. The van der Waals surface area contributed by atoms with Crippen LogP contribution in [0.2, 0.25) is 0 Å². The molecule has 0 aromatic rings. The highest BCUT2D eigenvalue weighted by atomic mass is 16.5. The van der Waals surface area contributed by atoms with E-state index in [4.69, 9.17) is 9.47 Å². The SMILES string of the molecule is C=C[C@](C)(O)CC/C=C(/C)COC(=O)[C@@H](C)[C@@H]1CC[C@@](C)(C=C)O1. The number of ether oxygens (including phenoxy) is 2. The van der Waals surface area contributed by atoms with Gasteiger partial charge in [0.2, 0.25) is 0 Å². The summed E-state index contributed by atoms with van der Waals surface area (Å²) in [6.45, 7) is 15.1. The molecule has 1 rings (SSSR count). The fourth-order valence-electron chi connectivity index (χ4n) is 2.63. The van der Waals surface area contributed by atoms with E-state index in [0.29, 0.717) is 12.8 Å². The zero-order valence-corrected chi connectivity index (χ0v) is 15.5. The van der Waals surface area contributed by atoms with Crippen LogP contribution in [0, 0.1) is 5.92 Å². The van der Waals surface area contributed by atoms with Crippen LogP contribution in [0.3, 0.4) is 0 Å². The van der Waals surface area contributed by atoms with Crippen molar-refractivity contribution in [1.29, 1.82) is 0 Å². The zero-order chi connectivity index (χ0) is 18.4. The van der Waals surface area contributed by atoms with E-state index in [9.17, 15) is 9.90 Å². The normalized spacial score (nSPS) is 28.0. The first kappa shape index (κ1) is 20.7.